The second-order valence-electron chi connectivity index (χ2n) is 2.93. The summed E-state index contributed by atoms with van der Waals surface area (Å²) in [5.74, 6) is -0.217. The monoisotopic (exact) mass is 209 g/mol. The molecule has 0 saturated carbocycles. The molecule has 1 aromatic carbocycles. The highest BCUT2D eigenvalue weighted by atomic mass is 16.6. The van der Waals surface area contributed by atoms with Gasteiger partial charge in [0.15, 0.2) is 0 Å². The molecule has 0 aliphatic rings. The van der Waals surface area contributed by atoms with E-state index in [1.165, 1.54) is 12.7 Å². The molecule has 0 aliphatic heterocycles. The number of carbonyl (C=O) groups is 1. The van der Waals surface area contributed by atoms with E-state index >= 15 is 0 Å². The molecule has 0 spiro atoms. The van der Waals surface area contributed by atoms with Crippen LogP contribution in [0.25, 0.3) is 0 Å². The molecule has 0 unspecified atom stereocenters. The second kappa shape index (κ2) is 7.01. The molecule has 0 fully saturated rings. The zero-order valence-electron chi connectivity index (χ0n) is 10.0. The van der Waals surface area contributed by atoms with Gasteiger partial charge in [0.1, 0.15) is 0 Å². The van der Waals surface area contributed by atoms with Crippen molar-refractivity contribution in [2.45, 2.75) is 27.7 Å². The molecule has 0 aliphatic carbocycles. The Morgan fingerprint density at radius 2 is 1.80 bits per heavy atom. The zero-order valence-corrected chi connectivity index (χ0v) is 10.0. The van der Waals surface area contributed by atoms with Gasteiger partial charge >= 0.3 is 0 Å². The van der Waals surface area contributed by atoms with Crippen LogP contribution in [0.1, 0.15) is 35.3 Å². The smallest absolute Gasteiger partial charge is 0.274 e. The van der Waals surface area contributed by atoms with Crippen molar-refractivity contribution < 1.29 is 9.63 Å². The Balaban J connectivity index is 0.000000921. The summed E-state index contributed by atoms with van der Waals surface area (Å²) < 4.78 is 0. The number of hydrogen-bond donors (Lipinski definition) is 1. The van der Waals surface area contributed by atoms with E-state index in [-0.39, 0.29) is 5.91 Å². The number of nitrogens with one attached hydrogen (secondary N) is 1. The second-order valence-corrected chi connectivity index (χ2v) is 2.93. The van der Waals surface area contributed by atoms with E-state index in [2.05, 4.69) is 10.3 Å². The van der Waals surface area contributed by atoms with Crippen LogP contribution in [-0.2, 0) is 4.84 Å². The van der Waals surface area contributed by atoms with Crippen molar-refractivity contribution in [3.05, 3.63) is 34.9 Å². The topological polar surface area (TPSA) is 38.3 Å². The van der Waals surface area contributed by atoms with Crippen LogP contribution in [-0.4, -0.2) is 13.0 Å². The molecule has 0 saturated heterocycles. The van der Waals surface area contributed by atoms with Crippen LogP contribution >= 0.6 is 0 Å². The predicted molar refractivity (Wildman–Crippen MR) is 61.7 cm³/mol. The van der Waals surface area contributed by atoms with Crippen molar-refractivity contribution in [3.63, 3.8) is 0 Å². The molecule has 1 aromatic rings. The van der Waals surface area contributed by atoms with E-state index in [1.807, 2.05) is 39.8 Å². The lowest BCUT2D eigenvalue weighted by molar-refractivity contribution is 0.0537. The molecule has 1 rings (SSSR count). The third-order valence-corrected chi connectivity index (χ3v) is 1.96. The van der Waals surface area contributed by atoms with Crippen LogP contribution in [0, 0.1) is 13.8 Å². The first-order chi connectivity index (χ1) is 7.15. The van der Waals surface area contributed by atoms with Gasteiger partial charge in [0.05, 0.1) is 7.11 Å². The number of rotatable bonds is 2. The summed E-state index contributed by atoms with van der Waals surface area (Å²) in [6.07, 6.45) is 0. The molecule has 1 N–H and O–H groups in total. The number of hydroxylamine groups is 1. The predicted octanol–water partition coefficient (Wildman–Crippen LogP) is 2.62. The quantitative estimate of drug-likeness (QED) is 0.760. The summed E-state index contributed by atoms with van der Waals surface area (Å²) in [5, 5.41) is 0. The molecule has 0 atom stereocenters. The van der Waals surface area contributed by atoms with Crippen molar-refractivity contribution in [2.75, 3.05) is 7.11 Å². The maximum atomic E-state index is 11.3. The van der Waals surface area contributed by atoms with Crippen LogP contribution < -0.4 is 5.48 Å². The van der Waals surface area contributed by atoms with Crippen LogP contribution in [0.15, 0.2) is 18.2 Å². The van der Waals surface area contributed by atoms with Gasteiger partial charge in [-0.25, -0.2) is 5.48 Å². The molecule has 0 radical (unpaired) electrons. The molecule has 3 nitrogen and oxygen atoms in total. The van der Waals surface area contributed by atoms with E-state index in [9.17, 15) is 4.79 Å². The molecular weight excluding hydrogens is 190 g/mol. The zero-order chi connectivity index (χ0) is 11.8. The lowest BCUT2D eigenvalue weighted by atomic mass is 10.1. The first-order valence-electron chi connectivity index (χ1n) is 5.05. The van der Waals surface area contributed by atoms with E-state index in [0.717, 1.165) is 5.56 Å². The van der Waals surface area contributed by atoms with Crippen molar-refractivity contribution in [2.24, 2.45) is 0 Å². The van der Waals surface area contributed by atoms with Crippen molar-refractivity contribution in [1.82, 2.24) is 5.48 Å². The number of benzene rings is 1. The molecule has 84 valence electrons. The minimum Gasteiger partial charge on any atom is -0.277 e. The van der Waals surface area contributed by atoms with Gasteiger partial charge in [0.25, 0.3) is 5.91 Å². The molecule has 15 heavy (non-hydrogen) atoms. The third-order valence-electron chi connectivity index (χ3n) is 1.96. The normalized spacial score (nSPS) is 8.87. The Bertz CT molecular complexity index is 321. The fraction of sp³-hybridized carbons (Fsp3) is 0.417. The van der Waals surface area contributed by atoms with Crippen molar-refractivity contribution in [1.29, 1.82) is 0 Å². The Labute approximate surface area is 91.4 Å². The summed E-state index contributed by atoms with van der Waals surface area (Å²) in [4.78, 5) is 15.8. The average molecular weight is 209 g/mol. The minimum absolute atomic E-state index is 0.217. The van der Waals surface area contributed by atoms with Gasteiger partial charge in [-0.3, -0.25) is 9.63 Å². The maximum Gasteiger partial charge on any atom is 0.274 e. The Hall–Kier alpha value is -1.35. The molecule has 1 amide bonds. The van der Waals surface area contributed by atoms with Gasteiger partial charge in [-0.15, -0.1) is 0 Å². The fourth-order valence-corrected chi connectivity index (χ4v) is 1.03. The molecule has 0 heterocycles. The summed E-state index contributed by atoms with van der Waals surface area (Å²) in [6.45, 7) is 7.98. The molecule has 3 heteroatoms. The highest BCUT2D eigenvalue weighted by Crippen LogP contribution is 2.09. The van der Waals surface area contributed by atoms with Gasteiger partial charge in [0.2, 0.25) is 0 Å². The molecular formula is C12H19NO2. The van der Waals surface area contributed by atoms with Crippen LogP contribution in [0.3, 0.4) is 0 Å². The van der Waals surface area contributed by atoms with E-state index < -0.39 is 0 Å². The summed E-state index contributed by atoms with van der Waals surface area (Å²) in [5.41, 5.74) is 5.16. The van der Waals surface area contributed by atoms with Gasteiger partial charge in [-0.05, 0) is 37.1 Å². The number of hydrogen-bond acceptors (Lipinski definition) is 2. The first kappa shape index (κ1) is 13.7. The number of amides is 1. The highest BCUT2D eigenvalue weighted by Gasteiger charge is 2.04. The Morgan fingerprint density at radius 1 is 1.20 bits per heavy atom. The molecule has 0 bridgehead atoms. The molecule has 0 aromatic heterocycles. The minimum atomic E-state index is -0.217. The van der Waals surface area contributed by atoms with E-state index in [1.54, 1.807) is 6.07 Å². The lowest BCUT2D eigenvalue weighted by Gasteiger charge is -2.04. The standard InChI is InChI=1S/C10H13NO2.C2H6/c1-7-4-5-9(6-8(7)2)10(12)11-13-3;1-2/h4-6H,1-3H3,(H,11,12);1-2H3. The van der Waals surface area contributed by atoms with E-state index in [4.69, 9.17) is 0 Å². The van der Waals surface area contributed by atoms with Gasteiger partial charge in [0, 0.05) is 5.56 Å². The van der Waals surface area contributed by atoms with Crippen LogP contribution in [0.4, 0.5) is 0 Å². The lowest BCUT2D eigenvalue weighted by Crippen LogP contribution is -2.21. The van der Waals surface area contributed by atoms with Gasteiger partial charge in [-0.2, -0.15) is 0 Å². The van der Waals surface area contributed by atoms with Crippen LogP contribution in [0.2, 0.25) is 0 Å². The first-order valence-corrected chi connectivity index (χ1v) is 5.05. The fourth-order valence-electron chi connectivity index (χ4n) is 1.03. The van der Waals surface area contributed by atoms with E-state index in [0.29, 0.717) is 5.56 Å². The van der Waals surface area contributed by atoms with Gasteiger partial charge < -0.3 is 0 Å². The van der Waals surface area contributed by atoms with Crippen LogP contribution in [0.5, 0.6) is 0 Å². The van der Waals surface area contributed by atoms with Gasteiger partial charge in [-0.1, -0.05) is 19.9 Å². The Morgan fingerprint density at radius 3 is 2.27 bits per heavy atom. The Kier molecular flexibility index (Phi) is 6.38. The summed E-state index contributed by atoms with van der Waals surface area (Å²) in [6, 6.07) is 5.53. The van der Waals surface area contributed by atoms with Crippen molar-refractivity contribution in [3.8, 4) is 0 Å². The highest BCUT2D eigenvalue weighted by molar-refractivity contribution is 5.93. The SMILES string of the molecule is CC.CONC(=O)c1ccc(C)c(C)c1. The average Bonchev–Trinajstić information content (AvgIpc) is 2.25. The maximum absolute atomic E-state index is 11.3. The number of aryl methyl sites for hydroxylation is 2. The summed E-state index contributed by atoms with van der Waals surface area (Å²) in [7, 11) is 1.42. The number of carbonyl (C=O) groups excluding carboxylic acids is 1. The third kappa shape index (κ3) is 4.13. The summed E-state index contributed by atoms with van der Waals surface area (Å²) >= 11 is 0. The largest absolute Gasteiger partial charge is 0.277 e. The van der Waals surface area contributed by atoms with Crippen molar-refractivity contribution >= 4 is 5.91 Å².